The van der Waals surface area contributed by atoms with E-state index in [0.29, 0.717) is 6.07 Å². The first-order chi connectivity index (χ1) is 10.4. The van der Waals surface area contributed by atoms with E-state index in [1.807, 2.05) is 0 Å². The van der Waals surface area contributed by atoms with Gasteiger partial charge in [-0.15, -0.1) is 0 Å². The molecule has 0 aliphatic rings. The lowest BCUT2D eigenvalue weighted by Crippen LogP contribution is -2.00. The van der Waals surface area contributed by atoms with Crippen molar-refractivity contribution in [2.24, 2.45) is 0 Å². The van der Waals surface area contributed by atoms with Crippen LogP contribution in [0.5, 0.6) is 0 Å². The first-order valence-corrected chi connectivity index (χ1v) is 6.12. The van der Waals surface area contributed by atoms with Crippen LogP contribution in [0.2, 0.25) is 0 Å². The molecule has 0 saturated carbocycles. The smallest absolute Gasteiger partial charge is 0.195 e. The summed E-state index contributed by atoms with van der Waals surface area (Å²) in [5.41, 5.74) is -1.35. The van der Waals surface area contributed by atoms with E-state index in [2.05, 4.69) is 0 Å². The monoisotopic (exact) mass is 312 g/mol. The van der Waals surface area contributed by atoms with Crippen molar-refractivity contribution in [1.82, 2.24) is 0 Å². The number of hydrogen-bond acceptors (Lipinski definition) is 0. The van der Waals surface area contributed by atoms with Crippen LogP contribution in [-0.4, -0.2) is 0 Å². The van der Waals surface area contributed by atoms with Gasteiger partial charge in [0, 0.05) is 11.1 Å². The summed E-state index contributed by atoms with van der Waals surface area (Å²) in [5.74, 6) is -8.45. The Morgan fingerprint density at radius 2 is 1.36 bits per heavy atom. The fraction of sp³-hybridized carbons (Fsp3) is 0. The zero-order chi connectivity index (χ0) is 16.0. The predicted molar refractivity (Wildman–Crippen MR) is 69.1 cm³/mol. The van der Waals surface area contributed by atoms with Crippen LogP contribution in [0.25, 0.3) is 21.9 Å². The van der Waals surface area contributed by atoms with Crippen LogP contribution in [0.4, 0.5) is 26.3 Å². The molecule has 3 rings (SSSR count). The third-order valence-corrected chi connectivity index (χ3v) is 3.31. The molecule has 0 spiro atoms. The van der Waals surface area contributed by atoms with Gasteiger partial charge in [-0.1, -0.05) is 12.1 Å². The standard InChI is InChI=1S/C16H6F6/c17-7-4-5-10(18)9(6-7)12-8-2-1-3-11(19)13(8)15(21)16(22)14(12)20/h1-6H. The molecule has 0 aliphatic heterocycles. The molecular weight excluding hydrogens is 306 g/mol. The molecule has 0 saturated heterocycles. The first-order valence-electron chi connectivity index (χ1n) is 6.12. The third kappa shape index (κ3) is 2.03. The summed E-state index contributed by atoms with van der Waals surface area (Å²) in [6.45, 7) is 0. The SMILES string of the molecule is Fc1ccc(F)c(-c2c(F)c(F)c(F)c3c(F)cccc23)c1. The highest BCUT2D eigenvalue weighted by Gasteiger charge is 2.24. The van der Waals surface area contributed by atoms with E-state index in [-0.39, 0.29) is 5.39 Å². The molecule has 0 radical (unpaired) electrons. The largest absolute Gasteiger partial charge is 0.207 e. The van der Waals surface area contributed by atoms with E-state index < -0.39 is 51.4 Å². The number of hydrogen-bond donors (Lipinski definition) is 0. The second-order valence-electron chi connectivity index (χ2n) is 4.60. The highest BCUT2D eigenvalue weighted by molar-refractivity contribution is 5.98. The Morgan fingerprint density at radius 3 is 2.09 bits per heavy atom. The van der Waals surface area contributed by atoms with Crippen molar-refractivity contribution in [2.75, 3.05) is 0 Å². The molecule has 0 aromatic heterocycles. The third-order valence-electron chi connectivity index (χ3n) is 3.31. The lowest BCUT2D eigenvalue weighted by atomic mass is 9.96. The Balaban J connectivity index is 2.54. The van der Waals surface area contributed by atoms with Crippen LogP contribution in [0, 0.1) is 34.9 Å². The van der Waals surface area contributed by atoms with Gasteiger partial charge in [0.2, 0.25) is 0 Å². The average molecular weight is 312 g/mol. The zero-order valence-corrected chi connectivity index (χ0v) is 10.7. The van der Waals surface area contributed by atoms with E-state index in [9.17, 15) is 26.3 Å². The highest BCUT2D eigenvalue weighted by atomic mass is 19.2. The maximum atomic E-state index is 14.1. The molecule has 0 N–H and O–H groups in total. The predicted octanol–water partition coefficient (Wildman–Crippen LogP) is 5.34. The van der Waals surface area contributed by atoms with Gasteiger partial charge < -0.3 is 0 Å². The van der Waals surface area contributed by atoms with E-state index in [1.165, 1.54) is 0 Å². The lowest BCUT2D eigenvalue weighted by molar-refractivity contribution is 0.452. The van der Waals surface area contributed by atoms with E-state index in [1.54, 1.807) is 0 Å². The molecule has 3 aromatic carbocycles. The van der Waals surface area contributed by atoms with Gasteiger partial charge in [-0.05, 0) is 29.7 Å². The molecule has 3 aromatic rings. The summed E-state index contributed by atoms with van der Waals surface area (Å²) >= 11 is 0. The van der Waals surface area contributed by atoms with Gasteiger partial charge in [0.25, 0.3) is 0 Å². The summed E-state index contributed by atoms with van der Waals surface area (Å²) in [5, 5.41) is -1.21. The molecule has 0 unspecified atom stereocenters. The first kappa shape index (κ1) is 14.4. The number of halogens is 6. The van der Waals surface area contributed by atoms with Gasteiger partial charge in [-0.3, -0.25) is 0 Å². The van der Waals surface area contributed by atoms with Gasteiger partial charge in [-0.25, -0.2) is 26.3 Å². The zero-order valence-electron chi connectivity index (χ0n) is 10.7. The van der Waals surface area contributed by atoms with Gasteiger partial charge in [-0.2, -0.15) is 0 Å². The van der Waals surface area contributed by atoms with Crippen molar-refractivity contribution < 1.29 is 26.3 Å². The second-order valence-corrected chi connectivity index (χ2v) is 4.60. The second kappa shape index (κ2) is 5.05. The lowest BCUT2D eigenvalue weighted by Gasteiger charge is -2.12. The Kier molecular flexibility index (Phi) is 3.31. The maximum absolute atomic E-state index is 14.1. The van der Waals surface area contributed by atoms with Crippen molar-refractivity contribution >= 4 is 10.8 Å². The van der Waals surface area contributed by atoms with Crippen molar-refractivity contribution in [3.05, 3.63) is 71.3 Å². The van der Waals surface area contributed by atoms with Crippen LogP contribution in [-0.2, 0) is 0 Å². The molecule has 112 valence electrons. The molecule has 0 aliphatic carbocycles. The molecule has 6 heteroatoms. The number of benzene rings is 3. The fourth-order valence-electron chi connectivity index (χ4n) is 2.34. The van der Waals surface area contributed by atoms with Crippen molar-refractivity contribution in [3.8, 4) is 11.1 Å². The number of fused-ring (bicyclic) bond motifs is 1. The van der Waals surface area contributed by atoms with Gasteiger partial charge in [0.15, 0.2) is 17.5 Å². The summed E-state index contributed by atoms with van der Waals surface area (Å²) in [6, 6.07) is 5.23. The Bertz CT molecular complexity index is 901. The van der Waals surface area contributed by atoms with Crippen molar-refractivity contribution in [2.45, 2.75) is 0 Å². The topological polar surface area (TPSA) is 0 Å². The van der Waals surface area contributed by atoms with Crippen LogP contribution in [0.15, 0.2) is 36.4 Å². The van der Waals surface area contributed by atoms with Gasteiger partial charge >= 0.3 is 0 Å². The minimum absolute atomic E-state index is 0.388. The van der Waals surface area contributed by atoms with Gasteiger partial charge in [0.1, 0.15) is 17.5 Å². The van der Waals surface area contributed by atoms with E-state index >= 15 is 0 Å². The summed E-state index contributed by atoms with van der Waals surface area (Å²) in [6.07, 6.45) is 0. The Morgan fingerprint density at radius 1 is 0.636 bits per heavy atom. The summed E-state index contributed by atoms with van der Waals surface area (Å²) < 4.78 is 82.4. The molecule has 0 atom stereocenters. The van der Waals surface area contributed by atoms with Crippen LogP contribution in [0.3, 0.4) is 0 Å². The molecule has 0 bridgehead atoms. The quantitative estimate of drug-likeness (QED) is 0.420. The van der Waals surface area contributed by atoms with Crippen molar-refractivity contribution in [3.63, 3.8) is 0 Å². The number of rotatable bonds is 1. The van der Waals surface area contributed by atoms with Crippen LogP contribution < -0.4 is 0 Å². The Labute approximate surface area is 120 Å². The normalized spacial score (nSPS) is 11.2. The fourth-order valence-corrected chi connectivity index (χ4v) is 2.34. The minimum atomic E-state index is -1.95. The maximum Gasteiger partial charge on any atom is 0.195 e. The van der Waals surface area contributed by atoms with Crippen LogP contribution in [0.1, 0.15) is 0 Å². The summed E-state index contributed by atoms with van der Waals surface area (Å²) in [4.78, 5) is 0. The molecule has 0 fully saturated rings. The van der Waals surface area contributed by atoms with Gasteiger partial charge in [0.05, 0.1) is 5.39 Å². The minimum Gasteiger partial charge on any atom is -0.207 e. The molecule has 0 nitrogen and oxygen atoms in total. The van der Waals surface area contributed by atoms with E-state index in [0.717, 1.165) is 30.3 Å². The van der Waals surface area contributed by atoms with Crippen LogP contribution >= 0.6 is 0 Å². The Hall–Kier alpha value is -2.50. The molecule has 0 heterocycles. The highest BCUT2D eigenvalue weighted by Crippen LogP contribution is 2.37. The average Bonchev–Trinajstić information content (AvgIpc) is 2.48. The molecule has 22 heavy (non-hydrogen) atoms. The van der Waals surface area contributed by atoms with Crippen molar-refractivity contribution in [1.29, 1.82) is 0 Å². The molecular formula is C16H6F6. The molecule has 0 amide bonds. The van der Waals surface area contributed by atoms with E-state index in [4.69, 9.17) is 0 Å². The summed E-state index contributed by atoms with van der Waals surface area (Å²) in [7, 11) is 0.